The third kappa shape index (κ3) is 5.31. The Morgan fingerprint density at radius 1 is 1.18 bits per heavy atom. The smallest absolute Gasteiger partial charge is 0.180 e. The van der Waals surface area contributed by atoms with Crippen molar-refractivity contribution in [1.29, 1.82) is 0 Å². The summed E-state index contributed by atoms with van der Waals surface area (Å²) in [5, 5.41) is 3.09. The number of hydrogen-bond acceptors (Lipinski definition) is 6. The zero-order valence-corrected chi connectivity index (χ0v) is 22.6. The first-order valence-electron chi connectivity index (χ1n) is 13.0. The normalized spacial score (nSPS) is 15.0. The fraction of sp³-hybridized carbons (Fsp3) is 0.267. The lowest BCUT2D eigenvalue weighted by atomic mass is 9.96. The van der Waals surface area contributed by atoms with E-state index >= 15 is 4.39 Å². The number of imidazole rings is 2. The number of hydrogen-bond donors (Lipinski definition) is 2. The molecule has 0 aromatic carbocycles. The summed E-state index contributed by atoms with van der Waals surface area (Å²) in [6.45, 7) is 15.1. The van der Waals surface area contributed by atoms with E-state index in [1.807, 2.05) is 42.9 Å². The van der Waals surface area contributed by atoms with Gasteiger partial charge in [0.25, 0.3) is 0 Å². The minimum Gasteiger partial charge on any atom is -0.388 e. The molecule has 1 aliphatic heterocycles. The zero-order valence-electron chi connectivity index (χ0n) is 22.6. The number of nitrogens with one attached hydrogen (secondary N) is 2. The van der Waals surface area contributed by atoms with E-state index in [2.05, 4.69) is 48.3 Å². The molecule has 1 fully saturated rings. The standard InChI is InChI=1S/C30H33FN8/c1-6-24(32-5)26(27(31)20(3)23-13-22(14-33-15-23)17-38-11-7-8-12-38)21(4)29-36-28-25(9-10-34-30(28)37-29)39-16-19(2)35-18-39/h6,9-10,13-16,18,32H,3-4,7-8,11-12,17H2,1-2,5H3,(H,34,36,37)/b24-6+,27-26+. The Morgan fingerprint density at radius 3 is 2.67 bits per heavy atom. The quantitative estimate of drug-likeness (QED) is 0.281. The van der Waals surface area contributed by atoms with Gasteiger partial charge >= 0.3 is 0 Å². The maximum atomic E-state index is 16.4. The maximum Gasteiger partial charge on any atom is 0.180 e. The Balaban J connectivity index is 1.53. The monoisotopic (exact) mass is 524 g/mol. The van der Waals surface area contributed by atoms with Crippen LogP contribution in [0.4, 0.5) is 4.39 Å². The molecule has 0 aliphatic carbocycles. The fourth-order valence-electron chi connectivity index (χ4n) is 4.97. The predicted molar refractivity (Wildman–Crippen MR) is 154 cm³/mol. The molecule has 200 valence electrons. The van der Waals surface area contributed by atoms with Crippen molar-refractivity contribution in [3.63, 3.8) is 0 Å². The molecule has 4 aromatic heterocycles. The second-order valence-electron chi connectivity index (χ2n) is 9.70. The Bertz CT molecular complexity index is 1600. The molecule has 0 amide bonds. The van der Waals surface area contributed by atoms with Gasteiger partial charge in [0, 0.05) is 66.4 Å². The molecule has 0 radical (unpaired) electrons. The summed E-state index contributed by atoms with van der Waals surface area (Å²) in [5.74, 6) is -0.0864. The third-order valence-electron chi connectivity index (χ3n) is 7.01. The zero-order chi connectivity index (χ0) is 27.5. The first kappa shape index (κ1) is 26.2. The van der Waals surface area contributed by atoms with Crippen molar-refractivity contribution in [3.05, 3.63) is 102 Å². The van der Waals surface area contributed by atoms with Crippen LogP contribution in [0.5, 0.6) is 0 Å². The summed E-state index contributed by atoms with van der Waals surface area (Å²) >= 11 is 0. The molecule has 0 spiro atoms. The van der Waals surface area contributed by atoms with Crippen LogP contribution in [0.25, 0.3) is 28.0 Å². The second-order valence-corrected chi connectivity index (χ2v) is 9.70. The summed E-state index contributed by atoms with van der Waals surface area (Å²) in [5.41, 5.74) is 6.05. The van der Waals surface area contributed by atoms with Crippen molar-refractivity contribution in [2.45, 2.75) is 33.2 Å². The molecule has 5 heterocycles. The van der Waals surface area contributed by atoms with Crippen molar-refractivity contribution in [3.8, 4) is 5.69 Å². The molecule has 2 N–H and O–H groups in total. The molecular weight excluding hydrogens is 491 g/mol. The first-order valence-corrected chi connectivity index (χ1v) is 13.0. The molecule has 0 atom stereocenters. The van der Waals surface area contributed by atoms with Crippen LogP contribution in [-0.2, 0) is 6.54 Å². The lowest BCUT2D eigenvalue weighted by molar-refractivity contribution is 0.331. The number of halogens is 1. The number of nitrogens with zero attached hydrogens (tertiary/aromatic N) is 6. The van der Waals surface area contributed by atoms with E-state index in [1.165, 1.54) is 12.8 Å². The average molecular weight is 525 g/mol. The van der Waals surface area contributed by atoms with Gasteiger partial charge in [-0.3, -0.25) is 9.88 Å². The van der Waals surface area contributed by atoms with Crippen molar-refractivity contribution >= 4 is 22.3 Å². The van der Waals surface area contributed by atoms with Crippen LogP contribution in [0, 0.1) is 6.92 Å². The summed E-state index contributed by atoms with van der Waals surface area (Å²) in [7, 11) is 1.75. The summed E-state index contributed by atoms with van der Waals surface area (Å²) in [6.07, 6.45) is 13.0. The largest absolute Gasteiger partial charge is 0.388 e. The van der Waals surface area contributed by atoms with Gasteiger partial charge in [0.1, 0.15) is 17.2 Å². The number of rotatable bonds is 9. The molecule has 9 heteroatoms. The van der Waals surface area contributed by atoms with E-state index in [-0.39, 0.29) is 11.1 Å². The van der Waals surface area contributed by atoms with Crippen molar-refractivity contribution < 1.29 is 4.39 Å². The number of H-pyrrole nitrogens is 1. The Kier molecular flexibility index (Phi) is 7.51. The van der Waals surface area contributed by atoms with Crippen LogP contribution < -0.4 is 5.32 Å². The number of aromatic nitrogens is 6. The van der Waals surface area contributed by atoms with Crippen molar-refractivity contribution in [2.75, 3.05) is 20.1 Å². The van der Waals surface area contributed by atoms with E-state index in [0.29, 0.717) is 33.8 Å². The number of likely N-dealkylation sites (N-methyl/N-ethyl adjacent to an activating group) is 1. The van der Waals surface area contributed by atoms with Gasteiger partial charge in [-0.1, -0.05) is 19.2 Å². The first-order chi connectivity index (χ1) is 18.9. The van der Waals surface area contributed by atoms with Crippen LogP contribution in [0.15, 0.2) is 79.6 Å². The average Bonchev–Trinajstić information content (AvgIpc) is 3.72. The number of pyridine rings is 2. The minimum atomic E-state index is -0.499. The van der Waals surface area contributed by atoms with Crippen molar-refractivity contribution in [2.24, 2.45) is 0 Å². The molecule has 5 rings (SSSR count). The Labute approximate surface area is 227 Å². The van der Waals surface area contributed by atoms with E-state index in [9.17, 15) is 0 Å². The molecule has 1 saturated heterocycles. The molecule has 8 nitrogen and oxygen atoms in total. The highest BCUT2D eigenvalue weighted by atomic mass is 19.1. The van der Waals surface area contributed by atoms with Gasteiger partial charge < -0.3 is 14.9 Å². The van der Waals surface area contributed by atoms with Gasteiger partial charge in [0.15, 0.2) is 5.65 Å². The van der Waals surface area contributed by atoms with Gasteiger partial charge in [0.05, 0.1) is 17.7 Å². The lowest BCUT2D eigenvalue weighted by Crippen LogP contribution is -2.18. The van der Waals surface area contributed by atoms with Crippen LogP contribution in [0.1, 0.15) is 42.4 Å². The SMILES string of the molecule is C=C(/C(F)=C(C(=C)c1nc2nccc(-n3cnc(C)c3)c2[nH]1)\C(=C/C)NC)c1cncc(CN2CCCC2)c1. The van der Waals surface area contributed by atoms with Gasteiger partial charge in [-0.2, -0.15) is 0 Å². The molecule has 4 aromatic rings. The Hall–Kier alpha value is -4.37. The van der Waals surface area contributed by atoms with E-state index in [1.54, 1.807) is 31.8 Å². The van der Waals surface area contributed by atoms with Crippen LogP contribution >= 0.6 is 0 Å². The molecule has 0 unspecified atom stereocenters. The number of allylic oxidation sites excluding steroid dienone is 4. The van der Waals surface area contributed by atoms with E-state index in [4.69, 9.17) is 0 Å². The van der Waals surface area contributed by atoms with Gasteiger partial charge in [-0.15, -0.1) is 0 Å². The molecule has 0 bridgehead atoms. The topological polar surface area (TPSA) is 87.5 Å². The summed E-state index contributed by atoms with van der Waals surface area (Å²) < 4.78 is 18.3. The van der Waals surface area contributed by atoms with Gasteiger partial charge in [-0.05, 0) is 57.5 Å². The van der Waals surface area contributed by atoms with E-state index in [0.717, 1.165) is 36.6 Å². The fourth-order valence-corrected chi connectivity index (χ4v) is 4.97. The number of aryl methyl sites for hydroxylation is 1. The van der Waals surface area contributed by atoms with Crippen LogP contribution in [0.3, 0.4) is 0 Å². The molecule has 1 aliphatic rings. The third-order valence-corrected chi connectivity index (χ3v) is 7.01. The number of aromatic amines is 1. The van der Waals surface area contributed by atoms with Crippen LogP contribution in [0.2, 0.25) is 0 Å². The highest BCUT2D eigenvalue weighted by Crippen LogP contribution is 2.35. The highest BCUT2D eigenvalue weighted by molar-refractivity contribution is 5.90. The minimum absolute atomic E-state index is 0.236. The summed E-state index contributed by atoms with van der Waals surface area (Å²) in [4.78, 5) is 23.5. The van der Waals surface area contributed by atoms with Crippen molar-refractivity contribution in [1.82, 2.24) is 39.7 Å². The predicted octanol–water partition coefficient (Wildman–Crippen LogP) is 5.52. The second kappa shape index (κ2) is 11.2. The summed E-state index contributed by atoms with van der Waals surface area (Å²) in [6, 6.07) is 3.84. The number of fused-ring (bicyclic) bond motifs is 1. The molecular formula is C30H33FN8. The Morgan fingerprint density at radius 2 is 1.97 bits per heavy atom. The van der Waals surface area contributed by atoms with Crippen LogP contribution in [-0.4, -0.2) is 54.5 Å². The highest BCUT2D eigenvalue weighted by Gasteiger charge is 2.23. The van der Waals surface area contributed by atoms with Gasteiger partial charge in [-0.25, -0.2) is 19.3 Å². The number of likely N-dealkylation sites (tertiary alicyclic amines) is 1. The van der Waals surface area contributed by atoms with Gasteiger partial charge in [0.2, 0.25) is 0 Å². The maximum absolute atomic E-state index is 16.4. The lowest BCUT2D eigenvalue weighted by Gasteiger charge is -2.17. The molecule has 39 heavy (non-hydrogen) atoms. The molecule has 0 saturated carbocycles. The van der Waals surface area contributed by atoms with E-state index < -0.39 is 5.83 Å².